The number of aliphatic imine (C=N–C) groups is 1. The number of hydrogen-bond donors (Lipinski definition) is 0. The number of nitrogens with zero attached hydrogens (tertiary/aromatic N) is 1. The van der Waals surface area contributed by atoms with Crippen LogP contribution < -0.4 is 0 Å². The zero-order valence-corrected chi connectivity index (χ0v) is 7.81. The van der Waals surface area contributed by atoms with E-state index in [4.69, 9.17) is 0 Å². The molecule has 0 heterocycles. The third-order valence-electron chi connectivity index (χ3n) is 1.24. The van der Waals surface area contributed by atoms with Crippen LogP contribution in [0.4, 0.5) is 17.6 Å². The van der Waals surface area contributed by atoms with Gasteiger partial charge in [0.05, 0.1) is 12.1 Å². The Morgan fingerprint density at radius 3 is 2.00 bits per heavy atom. The molecule has 0 radical (unpaired) electrons. The number of ketones is 1. The van der Waals surface area contributed by atoms with Crippen molar-refractivity contribution in [3.63, 3.8) is 0 Å². The van der Waals surface area contributed by atoms with E-state index in [1.807, 2.05) is 0 Å². The SMILES string of the molecule is CC(C)N=C(CC(F)F)C(=O)C(F)F. The maximum Gasteiger partial charge on any atom is 0.301 e. The highest BCUT2D eigenvalue weighted by Gasteiger charge is 2.24. The molecular formula is C8H11F4NO. The second-order valence-electron chi connectivity index (χ2n) is 2.93. The summed E-state index contributed by atoms with van der Waals surface area (Å²) in [5.41, 5.74) is -0.731. The third-order valence-corrected chi connectivity index (χ3v) is 1.24. The molecule has 0 aliphatic carbocycles. The Morgan fingerprint density at radius 1 is 1.21 bits per heavy atom. The highest BCUT2D eigenvalue weighted by atomic mass is 19.3. The molecule has 0 aliphatic rings. The summed E-state index contributed by atoms with van der Waals surface area (Å²) in [6.07, 6.45) is -7.12. The van der Waals surface area contributed by atoms with Crippen molar-refractivity contribution >= 4 is 11.5 Å². The topological polar surface area (TPSA) is 29.4 Å². The molecule has 0 aromatic heterocycles. The van der Waals surface area contributed by atoms with E-state index in [2.05, 4.69) is 4.99 Å². The van der Waals surface area contributed by atoms with Crippen molar-refractivity contribution in [3.8, 4) is 0 Å². The van der Waals surface area contributed by atoms with Crippen molar-refractivity contribution < 1.29 is 22.4 Å². The van der Waals surface area contributed by atoms with E-state index in [9.17, 15) is 22.4 Å². The fourth-order valence-electron chi connectivity index (χ4n) is 0.801. The van der Waals surface area contributed by atoms with Crippen LogP contribution in [-0.2, 0) is 4.79 Å². The molecule has 6 heteroatoms. The number of carbonyl (C=O) groups is 1. The molecule has 0 spiro atoms. The summed E-state index contributed by atoms with van der Waals surface area (Å²) in [4.78, 5) is 14.1. The minimum atomic E-state index is -3.27. The highest BCUT2D eigenvalue weighted by Crippen LogP contribution is 2.08. The summed E-state index contributed by atoms with van der Waals surface area (Å²) in [7, 11) is 0. The molecule has 0 unspecified atom stereocenters. The summed E-state index contributed by atoms with van der Waals surface area (Å²) in [5.74, 6) is -1.61. The zero-order chi connectivity index (χ0) is 11.3. The number of rotatable bonds is 5. The first-order chi connectivity index (χ1) is 6.34. The number of Topliss-reactive ketones (excluding diaryl/α,β-unsaturated/α-hetero) is 1. The van der Waals surface area contributed by atoms with Gasteiger partial charge in [0.1, 0.15) is 0 Å². The van der Waals surface area contributed by atoms with Crippen LogP contribution in [0.3, 0.4) is 0 Å². The molecule has 0 bridgehead atoms. The number of hydrogen-bond acceptors (Lipinski definition) is 2. The van der Waals surface area contributed by atoms with Crippen LogP contribution in [-0.4, -0.2) is 30.4 Å². The van der Waals surface area contributed by atoms with Gasteiger partial charge in [0.15, 0.2) is 0 Å². The molecule has 0 amide bonds. The summed E-state index contributed by atoms with van der Waals surface area (Å²) < 4.78 is 47.6. The monoisotopic (exact) mass is 213 g/mol. The Balaban J connectivity index is 4.64. The standard InChI is InChI=1S/C8H11F4NO/c1-4(2)13-5(3-6(9)10)7(14)8(11)12/h4,6,8H,3H2,1-2H3. The van der Waals surface area contributed by atoms with Crippen LogP contribution >= 0.6 is 0 Å². The molecule has 0 fully saturated rings. The van der Waals surface area contributed by atoms with Gasteiger partial charge in [-0.25, -0.2) is 17.6 Å². The summed E-state index contributed by atoms with van der Waals surface area (Å²) in [6.45, 7) is 3.04. The highest BCUT2D eigenvalue weighted by molar-refractivity contribution is 6.41. The van der Waals surface area contributed by atoms with Crippen LogP contribution in [0.25, 0.3) is 0 Å². The van der Waals surface area contributed by atoms with E-state index < -0.39 is 36.8 Å². The Labute approximate surface area is 79.0 Å². The first kappa shape index (κ1) is 13.1. The lowest BCUT2D eigenvalue weighted by Gasteiger charge is -2.06. The first-order valence-corrected chi connectivity index (χ1v) is 4.01. The van der Waals surface area contributed by atoms with Crippen molar-refractivity contribution in [1.82, 2.24) is 0 Å². The zero-order valence-electron chi connectivity index (χ0n) is 7.81. The van der Waals surface area contributed by atoms with Crippen LogP contribution in [0.1, 0.15) is 20.3 Å². The Morgan fingerprint density at radius 2 is 1.71 bits per heavy atom. The Hall–Kier alpha value is -0.940. The number of carbonyl (C=O) groups excluding carboxylic acids is 1. The summed E-state index contributed by atoms with van der Waals surface area (Å²) >= 11 is 0. The molecular weight excluding hydrogens is 202 g/mol. The second-order valence-corrected chi connectivity index (χ2v) is 2.93. The van der Waals surface area contributed by atoms with Crippen molar-refractivity contribution in [2.24, 2.45) is 4.99 Å². The van der Waals surface area contributed by atoms with E-state index in [1.54, 1.807) is 0 Å². The normalized spacial score (nSPS) is 13.1. The lowest BCUT2D eigenvalue weighted by atomic mass is 10.2. The largest absolute Gasteiger partial charge is 0.301 e. The molecule has 0 atom stereocenters. The van der Waals surface area contributed by atoms with Crippen LogP contribution in [0.5, 0.6) is 0 Å². The lowest BCUT2D eigenvalue weighted by Crippen LogP contribution is -2.25. The second kappa shape index (κ2) is 5.72. The van der Waals surface area contributed by atoms with Crippen LogP contribution in [0.15, 0.2) is 4.99 Å². The van der Waals surface area contributed by atoms with Crippen molar-refractivity contribution in [1.29, 1.82) is 0 Å². The minimum Gasteiger partial charge on any atom is -0.286 e. The van der Waals surface area contributed by atoms with Gasteiger partial charge in [-0.3, -0.25) is 9.79 Å². The number of halogens is 4. The summed E-state index contributed by atoms with van der Waals surface area (Å²) in [5, 5.41) is 0. The molecule has 82 valence electrons. The molecule has 0 aromatic carbocycles. The lowest BCUT2D eigenvalue weighted by molar-refractivity contribution is -0.122. The Kier molecular flexibility index (Phi) is 5.34. The average Bonchev–Trinajstić information content (AvgIpc) is 1.99. The van der Waals surface area contributed by atoms with Gasteiger partial charge in [-0.05, 0) is 13.8 Å². The fraction of sp³-hybridized carbons (Fsp3) is 0.750. The van der Waals surface area contributed by atoms with Gasteiger partial charge in [-0.15, -0.1) is 0 Å². The fourth-order valence-corrected chi connectivity index (χ4v) is 0.801. The van der Waals surface area contributed by atoms with Crippen LogP contribution in [0.2, 0.25) is 0 Å². The molecule has 0 aromatic rings. The molecule has 0 saturated carbocycles. The van der Waals surface area contributed by atoms with Gasteiger partial charge in [0, 0.05) is 6.04 Å². The van der Waals surface area contributed by atoms with E-state index in [1.165, 1.54) is 13.8 Å². The van der Waals surface area contributed by atoms with E-state index in [-0.39, 0.29) is 0 Å². The maximum atomic E-state index is 11.9. The molecule has 0 rings (SSSR count). The predicted octanol–water partition coefficient (Wildman–Crippen LogP) is 2.33. The van der Waals surface area contributed by atoms with E-state index in [0.717, 1.165) is 0 Å². The summed E-state index contributed by atoms with van der Waals surface area (Å²) in [6, 6.07) is -0.452. The molecule has 2 nitrogen and oxygen atoms in total. The molecule has 0 saturated heterocycles. The quantitative estimate of drug-likeness (QED) is 0.509. The van der Waals surface area contributed by atoms with Gasteiger partial charge in [-0.1, -0.05) is 0 Å². The van der Waals surface area contributed by atoms with Crippen molar-refractivity contribution in [2.45, 2.75) is 39.2 Å². The minimum absolute atomic E-state index is 0.452. The molecule has 14 heavy (non-hydrogen) atoms. The first-order valence-electron chi connectivity index (χ1n) is 4.01. The number of alkyl halides is 4. The third kappa shape index (κ3) is 4.94. The van der Waals surface area contributed by atoms with Gasteiger partial charge in [-0.2, -0.15) is 0 Å². The van der Waals surface area contributed by atoms with Gasteiger partial charge in [0.25, 0.3) is 0 Å². The van der Waals surface area contributed by atoms with Crippen molar-refractivity contribution in [2.75, 3.05) is 0 Å². The van der Waals surface area contributed by atoms with Crippen LogP contribution in [0, 0.1) is 0 Å². The van der Waals surface area contributed by atoms with Gasteiger partial charge >= 0.3 is 6.43 Å². The predicted molar refractivity (Wildman–Crippen MR) is 44.2 cm³/mol. The maximum absolute atomic E-state index is 11.9. The Bertz CT molecular complexity index is 225. The molecule has 0 N–H and O–H groups in total. The van der Waals surface area contributed by atoms with Crippen molar-refractivity contribution in [3.05, 3.63) is 0 Å². The van der Waals surface area contributed by atoms with E-state index in [0.29, 0.717) is 0 Å². The van der Waals surface area contributed by atoms with Gasteiger partial charge < -0.3 is 0 Å². The average molecular weight is 213 g/mol. The smallest absolute Gasteiger partial charge is 0.286 e. The molecule has 0 aliphatic heterocycles. The van der Waals surface area contributed by atoms with Gasteiger partial charge in [0.2, 0.25) is 12.2 Å². The van der Waals surface area contributed by atoms with E-state index >= 15 is 0 Å².